The largest absolute Gasteiger partial charge is 0.451 e. The van der Waals surface area contributed by atoms with Crippen LogP contribution >= 0.6 is 22.6 Å². The van der Waals surface area contributed by atoms with Crippen LogP contribution in [0.15, 0.2) is 22.6 Å². The summed E-state index contributed by atoms with van der Waals surface area (Å²) < 4.78 is 6.13. The Hall–Kier alpha value is -0.820. The number of carbonyl (C=O) groups is 1. The average molecular weight is 347 g/mol. The van der Waals surface area contributed by atoms with Crippen LogP contribution in [0.25, 0.3) is 6.08 Å². The summed E-state index contributed by atoms with van der Waals surface area (Å²) in [7, 11) is 0. The summed E-state index contributed by atoms with van der Waals surface area (Å²) in [4.78, 5) is 13.5. The van der Waals surface area contributed by atoms with E-state index in [1.807, 2.05) is 12.1 Å². The van der Waals surface area contributed by atoms with Crippen LogP contribution in [0.5, 0.6) is 0 Å². The molecule has 17 heavy (non-hydrogen) atoms. The molecule has 1 fully saturated rings. The molecule has 1 amide bonds. The van der Waals surface area contributed by atoms with E-state index in [9.17, 15) is 9.90 Å². The third kappa shape index (κ3) is 3.57. The van der Waals surface area contributed by atoms with Gasteiger partial charge in [-0.2, -0.15) is 0 Å². The third-order valence-electron chi connectivity index (χ3n) is 2.76. The summed E-state index contributed by atoms with van der Waals surface area (Å²) >= 11 is 2.08. The minimum Gasteiger partial charge on any atom is -0.451 e. The number of hydrogen-bond acceptors (Lipinski definition) is 3. The molecule has 0 atom stereocenters. The molecule has 0 aromatic carbocycles. The van der Waals surface area contributed by atoms with Crippen molar-refractivity contribution in [3.63, 3.8) is 0 Å². The number of carbonyl (C=O) groups excluding carboxylic acids is 1. The van der Waals surface area contributed by atoms with Crippen LogP contribution in [0.3, 0.4) is 0 Å². The van der Waals surface area contributed by atoms with Crippen LogP contribution < -0.4 is 0 Å². The highest BCUT2D eigenvalue weighted by molar-refractivity contribution is 14.1. The molecular weight excluding hydrogens is 333 g/mol. The molecule has 0 bridgehead atoms. The molecule has 92 valence electrons. The molecule has 0 aliphatic carbocycles. The van der Waals surface area contributed by atoms with E-state index in [-0.39, 0.29) is 12.0 Å². The lowest BCUT2D eigenvalue weighted by Gasteiger charge is -2.28. The summed E-state index contributed by atoms with van der Waals surface area (Å²) in [6.07, 6.45) is 4.27. The second kappa shape index (κ2) is 5.68. The van der Waals surface area contributed by atoms with E-state index in [1.165, 1.54) is 6.08 Å². The van der Waals surface area contributed by atoms with Crippen LogP contribution in [0.4, 0.5) is 0 Å². The predicted molar refractivity (Wildman–Crippen MR) is 72.3 cm³/mol. The van der Waals surface area contributed by atoms with Gasteiger partial charge in [0.05, 0.1) is 6.10 Å². The number of likely N-dealkylation sites (tertiary alicyclic amines) is 1. The van der Waals surface area contributed by atoms with E-state index < -0.39 is 0 Å². The molecule has 0 unspecified atom stereocenters. The highest BCUT2D eigenvalue weighted by Crippen LogP contribution is 2.13. The molecule has 1 aliphatic rings. The zero-order valence-corrected chi connectivity index (χ0v) is 11.5. The predicted octanol–water partition coefficient (Wildman–Crippen LogP) is 1.88. The number of aliphatic hydroxyl groups is 1. The molecule has 1 aliphatic heterocycles. The van der Waals surface area contributed by atoms with Crippen molar-refractivity contribution in [1.29, 1.82) is 0 Å². The Labute approximate surface area is 113 Å². The first-order valence-corrected chi connectivity index (χ1v) is 6.63. The fourth-order valence-electron chi connectivity index (χ4n) is 1.76. The van der Waals surface area contributed by atoms with Crippen molar-refractivity contribution < 1.29 is 14.3 Å². The molecule has 5 heteroatoms. The molecule has 0 radical (unpaired) electrons. The van der Waals surface area contributed by atoms with Crippen molar-refractivity contribution in [2.24, 2.45) is 0 Å². The van der Waals surface area contributed by atoms with Gasteiger partial charge in [0.15, 0.2) is 3.77 Å². The Morgan fingerprint density at radius 1 is 1.47 bits per heavy atom. The molecule has 1 aromatic heterocycles. The zero-order valence-electron chi connectivity index (χ0n) is 9.30. The highest BCUT2D eigenvalue weighted by Gasteiger charge is 2.19. The molecular formula is C12H14INO3. The molecule has 4 nitrogen and oxygen atoms in total. The van der Waals surface area contributed by atoms with Gasteiger partial charge < -0.3 is 14.4 Å². The van der Waals surface area contributed by atoms with Gasteiger partial charge in [0, 0.05) is 19.2 Å². The summed E-state index contributed by atoms with van der Waals surface area (Å²) in [5.41, 5.74) is 0. The van der Waals surface area contributed by atoms with Crippen molar-refractivity contribution in [1.82, 2.24) is 4.90 Å². The van der Waals surface area contributed by atoms with Crippen molar-refractivity contribution >= 4 is 34.6 Å². The molecule has 0 spiro atoms. The second-order valence-electron chi connectivity index (χ2n) is 4.03. The average Bonchev–Trinajstić information content (AvgIpc) is 2.73. The minimum absolute atomic E-state index is 0.0247. The summed E-state index contributed by atoms with van der Waals surface area (Å²) in [5, 5.41) is 9.35. The Morgan fingerprint density at radius 2 is 2.18 bits per heavy atom. The number of halogens is 1. The van der Waals surface area contributed by atoms with E-state index in [2.05, 4.69) is 22.6 Å². The van der Waals surface area contributed by atoms with Gasteiger partial charge in [0.2, 0.25) is 5.91 Å². The van der Waals surface area contributed by atoms with Gasteiger partial charge >= 0.3 is 0 Å². The van der Waals surface area contributed by atoms with Crippen LogP contribution in [0.2, 0.25) is 0 Å². The number of hydrogen-bond donors (Lipinski definition) is 1. The number of furan rings is 1. The molecule has 1 aromatic rings. The standard InChI is InChI=1S/C12H14INO3/c13-11-3-1-10(17-11)2-4-12(16)14-7-5-9(15)6-8-14/h1-4,9,15H,5-8H2. The molecule has 2 rings (SSSR count). The summed E-state index contributed by atoms with van der Waals surface area (Å²) in [5.74, 6) is 0.656. The van der Waals surface area contributed by atoms with Crippen molar-refractivity contribution in [2.45, 2.75) is 18.9 Å². The number of rotatable bonds is 2. The van der Waals surface area contributed by atoms with E-state index in [0.29, 0.717) is 31.7 Å². The normalized spacial score (nSPS) is 17.9. The number of amides is 1. The van der Waals surface area contributed by atoms with E-state index in [0.717, 1.165) is 3.77 Å². The van der Waals surface area contributed by atoms with Gasteiger partial charge in [-0.3, -0.25) is 4.79 Å². The number of aliphatic hydroxyl groups excluding tert-OH is 1. The van der Waals surface area contributed by atoms with E-state index >= 15 is 0 Å². The lowest BCUT2D eigenvalue weighted by atomic mass is 10.1. The van der Waals surface area contributed by atoms with Crippen molar-refractivity contribution in [3.05, 3.63) is 27.7 Å². The van der Waals surface area contributed by atoms with Gasteiger partial charge in [-0.15, -0.1) is 0 Å². The van der Waals surface area contributed by atoms with E-state index in [4.69, 9.17) is 4.42 Å². The smallest absolute Gasteiger partial charge is 0.246 e. The van der Waals surface area contributed by atoms with Gasteiger partial charge in [0.1, 0.15) is 5.76 Å². The van der Waals surface area contributed by atoms with Gasteiger partial charge in [0.25, 0.3) is 0 Å². The van der Waals surface area contributed by atoms with Crippen LogP contribution in [-0.4, -0.2) is 35.1 Å². The lowest BCUT2D eigenvalue weighted by Crippen LogP contribution is -2.39. The van der Waals surface area contributed by atoms with Gasteiger partial charge in [-0.1, -0.05) is 0 Å². The number of piperidine rings is 1. The molecule has 1 saturated heterocycles. The molecule has 1 N–H and O–H groups in total. The highest BCUT2D eigenvalue weighted by atomic mass is 127. The fourth-order valence-corrected chi connectivity index (χ4v) is 2.20. The maximum atomic E-state index is 11.8. The quantitative estimate of drug-likeness (QED) is 0.657. The lowest BCUT2D eigenvalue weighted by molar-refractivity contribution is -0.127. The van der Waals surface area contributed by atoms with Gasteiger partial charge in [-0.05, 0) is 53.6 Å². The maximum Gasteiger partial charge on any atom is 0.246 e. The molecule has 0 saturated carbocycles. The van der Waals surface area contributed by atoms with E-state index in [1.54, 1.807) is 11.0 Å². The van der Waals surface area contributed by atoms with Crippen LogP contribution in [-0.2, 0) is 4.79 Å². The first kappa shape index (κ1) is 12.6. The van der Waals surface area contributed by atoms with Gasteiger partial charge in [-0.25, -0.2) is 0 Å². The maximum absolute atomic E-state index is 11.8. The third-order valence-corrected chi connectivity index (χ3v) is 3.34. The van der Waals surface area contributed by atoms with Crippen LogP contribution in [0.1, 0.15) is 18.6 Å². The Bertz CT molecular complexity index is 419. The summed E-state index contributed by atoms with van der Waals surface area (Å²) in [6.45, 7) is 1.25. The Kier molecular flexibility index (Phi) is 4.22. The zero-order chi connectivity index (χ0) is 12.3. The molecule has 2 heterocycles. The Balaban J connectivity index is 1.90. The first-order chi connectivity index (χ1) is 8.15. The SMILES string of the molecule is O=C(C=Cc1ccc(I)o1)N1CCC(O)CC1. The topological polar surface area (TPSA) is 53.7 Å². The summed E-state index contributed by atoms with van der Waals surface area (Å²) in [6, 6.07) is 3.67. The fraction of sp³-hybridized carbons (Fsp3) is 0.417. The Morgan fingerprint density at radius 3 is 2.76 bits per heavy atom. The van der Waals surface area contributed by atoms with Crippen LogP contribution in [0, 0.1) is 3.77 Å². The van der Waals surface area contributed by atoms with Crippen molar-refractivity contribution in [3.8, 4) is 0 Å². The van der Waals surface area contributed by atoms with Crippen molar-refractivity contribution in [2.75, 3.05) is 13.1 Å². The second-order valence-corrected chi connectivity index (χ2v) is 5.09. The minimum atomic E-state index is -0.255. The first-order valence-electron chi connectivity index (χ1n) is 5.55. The number of nitrogens with zero attached hydrogens (tertiary/aromatic N) is 1. The monoisotopic (exact) mass is 347 g/mol.